The largest absolute Gasteiger partial charge is 0.465 e. The van der Waals surface area contributed by atoms with E-state index in [0.717, 1.165) is 11.1 Å². The molecule has 3 rings (SSSR count). The average molecular weight is 437 g/mol. The number of carbonyl (C=O) groups is 2. The fourth-order valence-electron chi connectivity index (χ4n) is 2.77. The molecule has 0 saturated heterocycles. The number of rotatable bonds is 6. The number of anilines is 1. The SMILES string of the molecule is COC(=O)c1ccc(/C=C/c2ccc(NC(=O)c3cc(Cl)ccc3[N+](=O)[O-])cc2)cc1. The van der Waals surface area contributed by atoms with Gasteiger partial charge in [0, 0.05) is 16.8 Å². The Morgan fingerprint density at radius 3 is 2.10 bits per heavy atom. The van der Waals surface area contributed by atoms with Crippen LogP contribution in [0.5, 0.6) is 0 Å². The van der Waals surface area contributed by atoms with Crippen LogP contribution in [0.4, 0.5) is 11.4 Å². The highest BCUT2D eigenvalue weighted by Crippen LogP contribution is 2.24. The molecule has 0 aliphatic heterocycles. The Bertz CT molecular complexity index is 1160. The number of amides is 1. The van der Waals surface area contributed by atoms with Crippen molar-refractivity contribution in [1.29, 1.82) is 0 Å². The molecule has 156 valence electrons. The third-order valence-electron chi connectivity index (χ3n) is 4.37. The molecule has 0 aliphatic rings. The van der Waals surface area contributed by atoms with Crippen molar-refractivity contribution < 1.29 is 19.2 Å². The highest BCUT2D eigenvalue weighted by Gasteiger charge is 2.20. The van der Waals surface area contributed by atoms with Crippen LogP contribution < -0.4 is 5.32 Å². The smallest absolute Gasteiger partial charge is 0.337 e. The number of ether oxygens (including phenoxy) is 1. The number of nitrogens with one attached hydrogen (secondary N) is 1. The number of nitro benzene ring substituents is 1. The summed E-state index contributed by atoms with van der Waals surface area (Å²) in [4.78, 5) is 34.4. The number of nitrogens with zero attached hydrogens (tertiary/aromatic N) is 1. The van der Waals surface area contributed by atoms with E-state index in [-0.39, 0.29) is 16.3 Å². The summed E-state index contributed by atoms with van der Waals surface area (Å²) in [5.41, 5.74) is 2.30. The van der Waals surface area contributed by atoms with Gasteiger partial charge in [0.15, 0.2) is 0 Å². The Labute approximate surface area is 183 Å². The first-order valence-corrected chi connectivity index (χ1v) is 9.47. The molecule has 0 spiro atoms. The van der Waals surface area contributed by atoms with Gasteiger partial charge in [0.05, 0.1) is 17.6 Å². The molecule has 0 atom stereocenters. The molecule has 0 bridgehead atoms. The fourth-order valence-corrected chi connectivity index (χ4v) is 2.94. The second-order valence-corrected chi connectivity index (χ2v) is 6.88. The van der Waals surface area contributed by atoms with Gasteiger partial charge in [0.2, 0.25) is 0 Å². The number of hydrogen-bond acceptors (Lipinski definition) is 5. The summed E-state index contributed by atoms with van der Waals surface area (Å²) < 4.78 is 4.67. The standard InChI is InChI=1S/C23H17ClN2O5/c1-31-23(28)17-8-4-15(5-9-17)2-3-16-6-11-19(12-7-16)25-22(27)20-14-18(24)10-13-21(20)26(29)30/h2-14H,1H3,(H,25,27)/b3-2+. The number of benzene rings is 3. The van der Waals surface area contributed by atoms with Gasteiger partial charge in [0.1, 0.15) is 5.56 Å². The number of methoxy groups -OCH3 is 1. The van der Waals surface area contributed by atoms with E-state index in [1.165, 1.54) is 25.3 Å². The molecule has 1 N–H and O–H groups in total. The van der Waals surface area contributed by atoms with E-state index in [1.807, 2.05) is 12.2 Å². The zero-order valence-electron chi connectivity index (χ0n) is 16.4. The van der Waals surface area contributed by atoms with Gasteiger partial charge in [-0.15, -0.1) is 0 Å². The molecule has 0 aliphatic carbocycles. The first-order chi connectivity index (χ1) is 14.9. The molecule has 0 saturated carbocycles. The van der Waals surface area contributed by atoms with Crippen molar-refractivity contribution in [2.75, 3.05) is 12.4 Å². The minimum absolute atomic E-state index is 0.114. The van der Waals surface area contributed by atoms with Crippen LogP contribution in [0, 0.1) is 10.1 Å². The van der Waals surface area contributed by atoms with E-state index >= 15 is 0 Å². The van der Waals surface area contributed by atoms with Crippen LogP contribution in [0.3, 0.4) is 0 Å². The van der Waals surface area contributed by atoms with Crippen molar-refractivity contribution in [1.82, 2.24) is 0 Å². The van der Waals surface area contributed by atoms with Crippen LogP contribution in [0.2, 0.25) is 5.02 Å². The predicted octanol–water partition coefficient (Wildman–Crippen LogP) is 5.46. The number of hydrogen-bond donors (Lipinski definition) is 1. The van der Waals surface area contributed by atoms with Crippen LogP contribution in [-0.4, -0.2) is 23.9 Å². The Morgan fingerprint density at radius 2 is 1.55 bits per heavy atom. The third kappa shape index (κ3) is 5.55. The van der Waals surface area contributed by atoms with Gasteiger partial charge in [-0.05, 0) is 47.5 Å². The summed E-state index contributed by atoms with van der Waals surface area (Å²) in [6, 6.07) is 17.7. The van der Waals surface area contributed by atoms with Crippen molar-refractivity contribution >= 4 is 47.0 Å². The highest BCUT2D eigenvalue weighted by molar-refractivity contribution is 6.31. The molecule has 0 aromatic heterocycles. The number of esters is 1. The summed E-state index contributed by atoms with van der Waals surface area (Å²) in [5.74, 6) is -1.01. The van der Waals surface area contributed by atoms with E-state index in [9.17, 15) is 19.7 Å². The molecular formula is C23H17ClN2O5. The van der Waals surface area contributed by atoms with Crippen molar-refractivity contribution in [3.63, 3.8) is 0 Å². The van der Waals surface area contributed by atoms with Crippen LogP contribution in [0.1, 0.15) is 31.8 Å². The molecule has 31 heavy (non-hydrogen) atoms. The first kappa shape index (κ1) is 21.7. The molecule has 7 nitrogen and oxygen atoms in total. The Morgan fingerprint density at radius 1 is 0.968 bits per heavy atom. The van der Waals surface area contributed by atoms with Gasteiger partial charge < -0.3 is 10.1 Å². The lowest BCUT2D eigenvalue weighted by molar-refractivity contribution is -0.385. The van der Waals surface area contributed by atoms with Gasteiger partial charge in [-0.3, -0.25) is 14.9 Å². The molecule has 8 heteroatoms. The Hall–Kier alpha value is -3.97. The molecule has 3 aromatic carbocycles. The van der Waals surface area contributed by atoms with Crippen LogP contribution in [0.25, 0.3) is 12.2 Å². The zero-order chi connectivity index (χ0) is 22.4. The second-order valence-electron chi connectivity index (χ2n) is 6.44. The van der Waals surface area contributed by atoms with Crippen molar-refractivity contribution in [3.05, 3.63) is 104 Å². The Kier molecular flexibility index (Phi) is 6.79. The van der Waals surface area contributed by atoms with E-state index in [0.29, 0.717) is 11.3 Å². The Balaban J connectivity index is 1.69. The monoisotopic (exact) mass is 436 g/mol. The summed E-state index contributed by atoms with van der Waals surface area (Å²) >= 11 is 5.87. The predicted molar refractivity (Wildman–Crippen MR) is 119 cm³/mol. The van der Waals surface area contributed by atoms with E-state index in [1.54, 1.807) is 48.5 Å². The average Bonchev–Trinajstić information content (AvgIpc) is 2.78. The maximum atomic E-state index is 12.5. The molecule has 0 fully saturated rings. The molecular weight excluding hydrogens is 420 g/mol. The lowest BCUT2D eigenvalue weighted by Crippen LogP contribution is -2.14. The normalized spacial score (nSPS) is 10.6. The number of nitro groups is 1. The van der Waals surface area contributed by atoms with E-state index in [2.05, 4.69) is 10.1 Å². The second kappa shape index (κ2) is 9.69. The minimum atomic E-state index is -0.628. The van der Waals surface area contributed by atoms with Gasteiger partial charge in [-0.2, -0.15) is 0 Å². The molecule has 0 unspecified atom stereocenters. The van der Waals surface area contributed by atoms with Crippen LogP contribution >= 0.6 is 11.6 Å². The summed E-state index contributed by atoms with van der Waals surface area (Å²) in [5, 5.41) is 14.0. The van der Waals surface area contributed by atoms with Crippen molar-refractivity contribution in [2.24, 2.45) is 0 Å². The fraction of sp³-hybridized carbons (Fsp3) is 0.0435. The van der Waals surface area contributed by atoms with E-state index in [4.69, 9.17) is 11.6 Å². The minimum Gasteiger partial charge on any atom is -0.465 e. The topological polar surface area (TPSA) is 98.5 Å². The maximum Gasteiger partial charge on any atom is 0.337 e. The first-order valence-electron chi connectivity index (χ1n) is 9.09. The van der Waals surface area contributed by atoms with Gasteiger partial charge in [-0.25, -0.2) is 4.79 Å². The lowest BCUT2D eigenvalue weighted by Gasteiger charge is -2.07. The zero-order valence-corrected chi connectivity index (χ0v) is 17.1. The number of carbonyl (C=O) groups excluding carboxylic acids is 2. The summed E-state index contributed by atoms with van der Waals surface area (Å²) in [6.45, 7) is 0. The van der Waals surface area contributed by atoms with Gasteiger partial charge in [0.25, 0.3) is 11.6 Å². The molecule has 1 amide bonds. The van der Waals surface area contributed by atoms with Gasteiger partial charge >= 0.3 is 5.97 Å². The molecule has 3 aromatic rings. The van der Waals surface area contributed by atoms with Crippen molar-refractivity contribution in [2.45, 2.75) is 0 Å². The maximum absolute atomic E-state index is 12.5. The van der Waals surface area contributed by atoms with Gasteiger partial charge in [-0.1, -0.05) is 48.0 Å². The quantitative estimate of drug-likeness (QED) is 0.239. The summed E-state index contributed by atoms with van der Waals surface area (Å²) in [6.07, 6.45) is 3.75. The van der Waals surface area contributed by atoms with Crippen LogP contribution in [-0.2, 0) is 4.74 Å². The van der Waals surface area contributed by atoms with E-state index < -0.39 is 16.8 Å². The molecule has 0 radical (unpaired) electrons. The lowest BCUT2D eigenvalue weighted by atomic mass is 10.1. The number of halogens is 1. The van der Waals surface area contributed by atoms with Crippen molar-refractivity contribution in [3.8, 4) is 0 Å². The summed E-state index contributed by atoms with van der Waals surface area (Å²) in [7, 11) is 1.33. The highest BCUT2D eigenvalue weighted by atomic mass is 35.5. The molecule has 0 heterocycles. The third-order valence-corrected chi connectivity index (χ3v) is 4.60. The van der Waals surface area contributed by atoms with Crippen LogP contribution in [0.15, 0.2) is 66.7 Å².